The van der Waals surface area contributed by atoms with Gasteiger partial charge in [0.1, 0.15) is 0 Å². The molecule has 0 aliphatic carbocycles. The van der Waals surface area contributed by atoms with Gasteiger partial charge in [0, 0.05) is 11.4 Å². The van der Waals surface area contributed by atoms with Crippen LogP contribution in [0.2, 0.25) is 0 Å². The first kappa shape index (κ1) is 18.1. The van der Waals surface area contributed by atoms with Gasteiger partial charge < -0.3 is 0 Å². The number of rotatable bonds is 5. The Morgan fingerprint density at radius 2 is 1.73 bits per heavy atom. The first-order valence-corrected chi connectivity index (χ1v) is 9.27. The Hall–Kier alpha value is -2.73. The molecule has 0 bridgehead atoms. The molecule has 2 aromatic carbocycles. The Bertz CT molecular complexity index is 964. The second-order valence-corrected chi connectivity index (χ2v) is 6.96. The molecule has 3 rings (SSSR count). The summed E-state index contributed by atoms with van der Waals surface area (Å²) in [5.41, 5.74) is 6.13. The summed E-state index contributed by atoms with van der Waals surface area (Å²) in [7, 11) is 0. The summed E-state index contributed by atoms with van der Waals surface area (Å²) < 4.78 is 0. The zero-order valence-electron chi connectivity index (χ0n) is 15.0. The third-order valence-electron chi connectivity index (χ3n) is 3.81. The summed E-state index contributed by atoms with van der Waals surface area (Å²) in [6, 6.07) is 16.2. The molecule has 1 heterocycles. The van der Waals surface area contributed by atoms with E-state index in [1.807, 2.05) is 45.0 Å². The molecule has 0 radical (unpaired) electrons. The van der Waals surface area contributed by atoms with Crippen LogP contribution >= 0.6 is 11.8 Å². The lowest BCUT2D eigenvalue weighted by Gasteiger charge is -2.05. The van der Waals surface area contributed by atoms with Crippen LogP contribution in [-0.2, 0) is 4.79 Å². The predicted molar refractivity (Wildman–Crippen MR) is 107 cm³/mol. The van der Waals surface area contributed by atoms with E-state index in [9.17, 15) is 4.79 Å². The maximum Gasteiger partial charge on any atom is 0.250 e. The van der Waals surface area contributed by atoms with Gasteiger partial charge in [0.2, 0.25) is 0 Å². The van der Waals surface area contributed by atoms with Crippen molar-refractivity contribution in [3.63, 3.8) is 0 Å². The highest BCUT2D eigenvalue weighted by molar-refractivity contribution is 7.99. The third-order valence-corrected chi connectivity index (χ3v) is 4.66. The van der Waals surface area contributed by atoms with Crippen LogP contribution < -0.4 is 5.43 Å². The molecule has 3 aromatic rings. The van der Waals surface area contributed by atoms with E-state index in [1.165, 1.54) is 17.1 Å². The minimum absolute atomic E-state index is 0.183. The molecule has 0 aliphatic rings. The van der Waals surface area contributed by atoms with Gasteiger partial charge in [-0.05, 0) is 49.2 Å². The molecule has 5 nitrogen and oxygen atoms in total. The summed E-state index contributed by atoms with van der Waals surface area (Å²) >= 11 is 1.30. The summed E-state index contributed by atoms with van der Waals surface area (Å²) in [5, 5.41) is 7.14. The highest BCUT2D eigenvalue weighted by Crippen LogP contribution is 2.16. The van der Waals surface area contributed by atoms with Crippen molar-refractivity contribution in [2.75, 3.05) is 5.75 Å². The average molecular weight is 364 g/mol. The molecule has 6 heteroatoms. The molecular formula is C20H20N4OS. The number of benzene rings is 2. The van der Waals surface area contributed by atoms with E-state index in [-0.39, 0.29) is 11.7 Å². The Morgan fingerprint density at radius 3 is 2.46 bits per heavy atom. The molecular weight excluding hydrogens is 344 g/mol. The number of thioether (sulfide) groups is 1. The highest BCUT2D eigenvalue weighted by atomic mass is 32.2. The third kappa shape index (κ3) is 4.67. The van der Waals surface area contributed by atoms with Crippen molar-refractivity contribution in [3.8, 4) is 0 Å². The van der Waals surface area contributed by atoms with Crippen LogP contribution in [0, 0.1) is 13.8 Å². The van der Waals surface area contributed by atoms with Crippen LogP contribution in [0.4, 0.5) is 0 Å². The largest absolute Gasteiger partial charge is 0.272 e. The second kappa shape index (κ2) is 8.10. The lowest BCUT2D eigenvalue weighted by Crippen LogP contribution is -2.21. The lowest BCUT2D eigenvalue weighted by atomic mass is 10.0. The van der Waals surface area contributed by atoms with Crippen LogP contribution in [0.3, 0.4) is 0 Å². The normalized spacial score (nSPS) is 11.6. The van der Waals surface area contributed by atoms with E-state index in [4.69, 9.17) is 0 Å². The van der Waals surface area contributed by atoms with Gasteiger partial charge in [-0.15, -0.1) is 0 Å². The molecule has 0 saturated heterocycles. The van der Waals surface area contributed by atoms with Gasteiger partial charge in [0.25, 0.3) is 5.91 Å². The number of nitrogens with zero attached hydrogens (tertiary/aromatic N) is 3. The number of amides is 1. The first-order valence-electron chi connectivity index (χ1n) is 8.28. The van der Waals surface area contributed by atoms with Crippen LogP contribution in [0.25, 0.3) is 10.8 Å². The van der Waals surface area contributed by atoms with Crippen molar-refractivity contribution < 1.29 is 4.79 Å². The molecule has 132 valence electrons. The number of aryl methyl sites for hydroxylation is 2. The zero-order valence-corrected chi connectivity index (χ0v) is 15.8. The number of hydrogen-bond donors (Lipinski definition) is 1. The zero-order chi connectivity index (χ0) is 18.5. The van der Waals surface area contributed by atoms with Gasteiger partial charge in [-0.3, -0.25) is 4.79 Å². The van der Waals surface area contributed by atoms with Gasteiger partial charge in [0.05, 0.1) is 11.5 Å². The summed E-state index contributed by atoms with van der Waals surface area (Å²) in [5.74, 6) is 0.0371. The quantitative estimate of drug-likeness (QED) is 0.323. The topological polar surface area (TPSA) is 67.2 Å². The van der Waals surface area contributed by atoms with Crippen molar-refractivity contribution in [2.45, 2.75) is 25.9 Å². The van der Waals surface area contributed by atoms with Crippen LogP contribution in [0.5, 0.6) is 0 Å². The van der Waals surface area contributed by atoms with Crippen LogP contribution in [0.1, 0.15) is 23.9 Å². The molecule has 1 amide bonds. The van der Waals surface area contributed by atoms with Gasteiger partial charge in [0.15, 0.2) is 5.16 Å². The molecule has 0 saturated carbocycles. The first-order chi connectivity index (χ1) is 12.5. The number of aromatic nitrogens is 2. The van der Waals surface area contributed by atoms with Gasteiger partial charge >= 0.3 is 0 Å². The van der Waals surface area contributed by atoms with Gasteiger partial charge in [-0.1, -0.05) is 48.2 Å². The van der Waals surface area contributed by atoms with Gasteiger partial charge in [-0.2, -0.15) is 5.10 Å². The Balaban J connectivity index is 1.61. The molecule has 0 spiro atoms. The molecule has 26 heavy (non-hydrogen) atoms. The molecule has 0 atom stereocenters. The number of fused-ring (bicyclic) bond motifs is 1. The molecule has 1 N–H and O–H groups in total. The molecule has 0 fully saturated rings. The fourth-order valence-electron chi connectivity index (χ4n) is 2.55. The van der Waals surface area contributed by atoms with E-state index in [1.54, 1.807) is 0 Å². The smallest absolute Gasteiger partial charge is 0.250 e. The number of hydrogen-bond acceptors (Lipinski definition) is 5. The van der Waals surface area contributed by atoms with Crippen molar-refractivity contribution in [2.24, 2.45) is 5.10 Å². The minimum Gasteiger partial charge on any atom is -0.272 e. The van der Waals surface area contributed by atoms with Crippen molar-refractivity contribution >= 4 is 34.2 Å². The van der Waals surface area contributed by atoms with E-state index in [0.29, 0.717) is 5.16 Å². The maximum atomic E-state index is 12.0. The molecule has 0 unspecified atom stereocenters. The standard InChI is InChI=1S/C20H20N4OS/c1-13-10-14(2)22-20(21-13)26-12-19(25)24-23-15(3)17-9-8-16-6-4-5-7-18(16)11-17/h4-11H,12H2,1-3H3,(H,24,25)/b23-15+. The van der Waals surface area contributed by atoms with Crippen molar-refractivity contribution in [1.29, 1.82) is 0 Å². The number of nitrogens with one attached hydrogen (secondary N) is 1. The fraction of sp³-hybridized carbons (Fsp3) is 0.200. The molecule has 0 aliphatic heterocycles. The van der Waals surface area contributed by atoms with Crippen molar-refractivity contribution in [1.82, 2.24) is 15.4 Å². The van der Waals surface area contributed by atoms with Crippen LogP contribution in [-0.4, -0.2) is 27.3 Å². The SMILES string of the molecule is C/C(=N\NC(=O)CSc1nc(C)cc(C)n1)c1ccc2ccccc2c1. The molecule has 1 aromatic heterocycles. The highest BCUT2D eigenvalue weighted by Gasteiger charge is 2.06. The maximum absolute atomic E-state index is 12.0. The van der Waals surface area contributed by atoms with E-state index in [0.717, 1.165) is 28.0 Å². The number of carbonyl (C=O) groups excluding carboxylic acids is 1. The van der Waals surface area contributed by atoms with Crippen LogP contribution in [0.15, 0.2) is 58.8 Å². The Labute approximate surface area is 156 Å². The number of hydrazone groups is 1. The second-order valence-electron chi connectivity index (χ2n) is 6.02. The fourth-order valence-corrected chi connectivity index (χ4v) is 3.29. The minimum atomic E-state index is -0.183. The van der Waals surface area contributed by atoms with Gasteiger partial charge in [-0.25, -0.2) is 15.4 Å². The van der Waals surface area contributed by atoms with E-state index >= 15 is 0 Å². The van der Waals surface area contributed by atoms with Crippen molar-refractivity contribution in [3.05, 3.63) is 65.5 Å². The monoisotopic (exact) mass is 364 g/mol. The van der Waals surface area contributed by atoms with E-state index < -0.39 is 0 Å². The summed E-state index contributed by atoms with van der Waals surface area (Å²) in [6.07, 6.45) is 0. The van der Waals surface area contributed by atoms with E-state index in [2.05, 4.69) is 44.8 Å². The summed E-state index contributed by atoms with van der Waals surface area (Å²) in [4.78, 5) is 20.7. The number of carbonyl (C=O) groups is 1. The average Bonchev–Trinajstić information content (AvgIpc) is 2.63. The summed E-state index contributed by atoms with van der Waals surface area (Å²) in [6.45, 7) is 5.70. The Morgan fingerprint density at radius 1 is 1.04 bits per heavy atom. The lowest BCUT2D eigenvalue weighted by molar-refractivity contribution is -0.118. The predicted octanol–water partition coefficient (Wildman–Crippen LogP) is 3.88. The Kier molecular flexibility index (Phi) is 5.63.